The third kappa shape index (κ3) is 4.26. The molecule has 2 rings (SSSR count). The van der Waals surface area contributed by atoms with Crippen LogP contribution in [0.25, 0.3) is 0 Å². The van der Waals surface area contributed by atoms with E-state index in [1.54, 1.807) is 13.0 Å². The van der Waals surface area contributed by atoms with Gasteiger partial charge in [-0.25, -0.2) is 17.5 Å². The monoisotopic (exact) mass is 411 g/mol. The van der Waals surface area contributed by atoms with Crippen LogP contribution >= 0.6 is 38.9 Å². The van der Waals surface area contributed by atoms with Gasteiger partial charge in [0.05, 0.1) is 8.81 Å². The van der Waals surface area contributed by atoms with Crippen molar-refractivity contribution < 1.29 is 12.8 Å². The van der Waals surface area contributed by atoms with E-state index in [1.165, 1.54) is 18.2 Å². The molecule has 0 saturated carbocycles. The number of halogens is 3. The van der Waals surface area contributed by atoms with Gasteiger partial charge in [-0.15, -0.1) is 11.3 Å². The molecule has 0 aliphatic carbocycles. The van der Waals surface area contributed by atoms with Crippen molar-refractivity contribution >= 4 is 48.9 Å². The van der Waals surface area contributed by atoms with Crippen LogP contribution in [0.4, 0.5) is 4.39 Å². The van der Waals surface area contributed by atoms with Crippen molar-refractivity contribution in [2.45, 2.75) is 17.6 Å². The molecular formula is C13H12BrClFNO2S2. The Morgan fingerprint density at radius 1 is 1.38 bits per heavy atom. The normalized spacial score (nSPS) is 11.8. The molecule has 0 amide bonds. The number of sulfonamides is 1. The van der Waals surface area contributed by atoms with Crippen LogP contribution in [-0.2, 0) is 16.4 Å². The molecule has 0 radical (unpaired) electrons. The topological polar surface area (TPSA) is 46.2 Å². The highest BCUT2D eigenvalue weighted by molar-refractivity contribution is 9.11. The number of thiophene rings is 1. The summed E-state index contributed by atoms with van der Waals surface area (Å²) >= 11 is 10.1. The maximum atomic E-state index is 13.0. The number of rotatable bonds is 5. The summed E-state index contributed by atoms with van der Waals surface area (Å²) in [6, 6.07) is 5.87. The Kier molecular flexibility index (Phi) is 5.43. The molecule has 0 bridgehead atoms. The van der Waals surface area contributed by atoms with E-state index < -0.39 is 10.0 Å². The van der Waals surface area contributed by atoms with Crippen LogP contribution in [0, 0.1) is 12.7 Å². The fourth-order valence-electron chi connectivity index (χ4n) is 1.79. The van der Waals surface area contributed by atoms with E-state index in [4.69, 9.17) is 11.6 Å². The Labute approximate surface area is 140 Å². The molecule has 0 fully saturated rings. The Bertz CT molecular complexity index is 742. The minimum absolute atomic E-state index is 0.162. The smallest absolute Gasteiger partial charge is 0.210 e. The molecular weight excluding hydrogens is 401 g/mol. The van der Waals surface area contributed by atoms with E-state index >= 15 is 0 Å². The average Bonchev–Trinajstić information content (AvgIpc) is 2.73. The summed E-state index contributed by atoms with van der Waals surface area (Å²) < 4.78 is 40.4. The first-order chi connectivity index (χ1) is 9.79. The maximum Gasteiger partial charge on any atom is 0.250 e. The van der Waals surface area contributed by atoms with E-state index in [2.05, 4.69) is 20.7 Å². The van der Waals surface area contributed by atoms with Crippen molar-refractivity contribution in [3.63, 3.8) is 0 Å². The van der Waals surface area contributed by atoms with Crippen molar-refractivity contribution in [1.82, 2.24) is 4.72 Å². The summed E-state index contributed by atoms with van der Waals surface area (Å²) in [5.74, 6) is -0.296. The Hall–Kier alpha value is -0.470. The van der Waals surface area contributed by atoms with Gasteiger partial charge in [-0.3, -0.25) is 0 Å². The molecule has 8 heteroatoms. The number of hydrogen-bond acceptors (Lipinski definition) is 3. The second-order valence-corrected chi connectivity index (χ2v) is 9.18. The molecule has 2 aromatic rings. The van der Waals surface area contributed by atoms with E-state index in [9.17, 15) is 12.8 Å². The van der Waals surface area contributed by atoms with E-state index in [0.29, 0.717) is 15.2 Å². The fourth-order valence-corrected chi connectivity index (χ4v) is 5.26. The molecule has 0 aliphatic heterocycles. The molecule has 0 unspecified atom stereocenters. The first-order valence-corrected chi connectivity index (χ1v) is 9.46. The van der Waals surface area contributed by atoms with Gasteiger partial charge >= 0.3 is 0 Å². The van der Waals surface area contributed by atoms with Crippen molar-refractivity contribution in [2.24, 2.45) is 0 Å². The summed E-state index contributed by atoms with van der Waals surface area (Å²) in [5.41, 5.74) is 1.71. The van der Waals surface area contributed by atoms with Gasteiger partial charge < -0.3 is 0 Å². The maximum absolute atomic E-state index is 13.0. The third-order valence-electron chi connectivity index (χ3n) is 2.88. The van der Waals surface area contributed by atoms with Gasteiger partial charge in [0.2, 0.25) is 10.0 Å². The Morgan fingerprint density at radius 2 is 2.10 bits per heavy atom. The lowest BCUT2D eigenvalue weighted by Crippen LogP contribution is -2.25. The van der Waals surface area contributed by atoms with Crippen LogP contribution in [0.15, 0.2) is 32.3 Å². The Morgan fingerprint density at radius 3 is 2.67 bits per heavy atom. The second-order valence-electron chi connectivity index (χ2n) is 4.41. The average molecular weight is 413 g/mol. The van der Waals surface area contributed by atoms with Crippen LogP contribution in [0.3, 0.4) is 0 Å². The van der Waals surface area contributed by atoms with Crippen molar-refractivity contribution in [3.8, 4) is 0 Å². The molecule has 0 aliphatic rings. The number of nitrogens with one attached hydrogen (secondary N) is 1. The lowest BCUT2D eigenvalue weighted by molar-refractivity contribution is 0.583. The first-order valence-electron chi connectivity index (χ1n) is 5.99. The highest BCUT2D eigenvalue weighted by Gasteiger charge is 2.18. The zero-order valence-corrected chi connectivity index (χ0v) is 15.0. The molecule has 21 heavy (non-hydrogen) atoms. The van der Waals surface area contributed by atoms with Gasteiger partial charge in [0.1, 0.15) is 10.0 Å². The summed E-state index contributed by atoms with van der Waals surface area (Å²) in [6.45, 7) is 2.03. The van der Waals surface area contributed by atoms with E-state index in [1.807, 2.05) is 0 Å². The van der Waals surface area contributed by atoms with Gasteiger partial charge in [0.15, 0.2) is 0 Å². The van der Waals surface area contributed by atoms with Gasteiger partial charge in [-0.1, -0.05) is 17.7 Å². The first kappa shape index (κ1) is 16.9. The third-order valence-corrected chi connectivity index (χ3v) is 7.29. The van der Waals surface area contributed by atoms with Gasteiger partial charge in [-0.2, -0.15) is 0 Å². The number of hydrogen-bond donors (Lipinski definition) is 1. The summed E-state index contributed by atoms with van der Waals surface area (Å²) in [4.78, 5) is 0. The van der Waals surface area contributed by atoms with Gasteiger partial charge in [-0.05, 0) is 58.6 Å². The molecule has 0 saturated heterocycles. The SMILES string of the molecule is Cc1cc(F)ccc1CCNS(=O)(=O)c1cc(Cl)c(Br)s1. The van der Waals surface area contributed by atoms with Crippen molar-refractivity contribution in [1.29, 1.82) is 0 Å². The van der Waals surface area contributed by atoms with Crippen LogP contribution in [0.1, 0.15) is 11.1 Å². The Balaban J connectivity index is 2.02. The second kappa shape index (κ2) is 6.75. The van der Waals surface area contributed by atoms with Crippen LogP contribution < -0.4 is 4.72 Å². The fraction of sp³-hybridized carbons (Fsp3) is 0.231. The molecule has 1 aromatic carbocycles. The lowest BCUT2D eigenvalue weighted by atomic mass is 10.1. The summed E-state index contributed by atoms with van der Waals surface area (Å²) in [6.07, 6.45) is 0.492. The molecule has 1 N–H and O–H groups in total. The van der Waals surface area contributed by atoms with Crippen molar-refractivity contribution in [3.05, 3.63) is 50.0 Å². The zero-order chi connectivity index (χ0) is 15.6. The van der Waals surface area contributed by atoms with Crippen LogP contribution in [-0.4, -0.2) is 15.0 Å². The lowest BCUT2D eigenvalue weighted by Gasteiger charge is -2.07. The molecule has 1 heterocycles. The quantitative estimate of drug-likeness (QED) is 0.802. The molecule has 1 aromatic heterocycles. The molecule has 3 nitrogen and oxygen atoms in total. The largest absolute Gasteiger partial charge is 0.250 e. The van der Waals surface area contributed by atoms with E-state index in [-0.39, 0.29) is 16.6 Å². The van der Waals surface area contributed by atoms with Crippen LogP contribution in [0.5, 0.6) is 0 Å². The molecule has 114 valence electrons. The summed E-state index contributed by atoms with van der Waals surface area (Å²) in [5, 5.41) is 0.370. The number of benzene rings is 1. The zero-order valence-electron chi connectivity index (χ0n) is 11.0. The highest BCUT2D eigenvalue weighted by atomic mass is 79.9. The highest BCUT2D eigenvalue weighted by Crippen LogP contribution is 2.34. The predicted octanol–water partition coefficient (Wildman–Crippen LogP) is 4.13. The van der Waals surface area contributed by atoms with Gasteiger partial charge in [0, 0.05) is 6.54 Å². The van der Waals surface area contributed by atoms with E-state index in [0.717, 1.165) is 22.5 Å². The minimum atomic E-state index is -3.57. The minimum Gasteiger partial charge on any atom is -0.210 e. The summed E-state index contributed by atoms with van der Waals surface area (Å²) in [7, 11) is -3.57. The predicted molar refractivity (Wildman–Crippen MR) is 87.1 cm³/mol. The molecule has 0 spiro atoms. The van der Waals surface area contributed by atoms with Gasteiger partial charge in [0.25, 0.3) is 0 Å². The standard InChI is InChI=1S/C13H12BrClFNO2S2/c1-8-6-10(16)3-2-9(8)4-5-17-21(18,19)12-7-11(15)13(14)20-12/h2-3,6-7,17H,4-5H2,1H3. The number of aryl methyl sites for hydroxylation is 1. The van der Waals surface area contributed by atoms with Crippen LogP contribution in [0.2, 0.25) is 5.02 Å². The van der Waals surface area contributed by atoms with Crippen molar-refractivity contribution in [2.75, 3.05) is 6.54 Å². The molecule has 0 atom stereocenters.